The third-order valence-electron chi connectivity index (χ3n) is 1.29. The van der Waals surface area contributed by atoms with E-state index >= 15 is 0 Å². The molecule has 0 aliphatic rings. The van der Waals surface area contributed by atoms with Gasteiger partial charge in [-0.25, -0.2) is 9.59 Å². The molecular formula is C9H13NO5. The van der Waals surface area contributed by atoms with E-state index in [1.807, 2.05) is 19.1 Å². The summed E-state index contributed by atoms with van der Waals surface area (Å²) in [6, 6.07) is 4.00. The van der Waals surface area contributed by atoms with Crippen molar-refractivity contribution < 1.29 is 24.2 Å². The van der Waals surface area contributed by atoms with Crippen LogP contribution in [0.1, 0.15) is 12.7 Å². The van der Waals surface area contributed by atoms with Crippen LogP contribution in [0.5, 0.6) is 0 Å². The van der Waals surface area contributed by atoms with Gasteiger partial charge < -0.3 is 20.4 Å². The molecule has 6 nitrogen and oxygen atoms in total. The van der Waals surface area contributed by atoms with Crippen LogP contribution in [0.15, 0.2) is 22.8 Å². The molecule has 4 N–H and O–H groups in total. The summed E-state index contributed by atoms with van der Waals surface area (Å²) in [5.74, 6) is -2.69. The SMILES string of the molecule is CC(N)Cc1ccco1.O=C(O)C(=O)O. The molecule has 0 saturated heterocycles. The number of furan rings is 1. The van der Waals surface area contributed by atoms with Gasteiger partial charge in [0, 0.05) is 12.5 Å². The van der Waals surface area contributed by atoms with Gasteiger partial charge in [0.15, 0.2) is 0 Å². The van der Waals surface area contributed by atoms with Crippen molar-refractivity contribution in [3.05, 3.63) is 24.2 Å². The molecule has 1 aromatic rings. The molecule has 6 heteroatoms. The summed E-state index contributed by atoms with van der Waals surface area (Å²) in [7, 11) is 0. The number of nitrogens with two attached hydrogens (primary N) is 1. The molecule has 1 unspecified atom stereocenters. The number of hydrogen-bond donors (Lipinski definition) is 3. The summed E-state index contributed by atoms with van der Waals surface area (Å²) >= 11 is 0. The maximum Gasteiger partial charge on any atom is 0.414 e. The van der Waals surface area contributed by atoms with Crippen LogP contribution in [0.4, 0.5) is 0 Å². The standard InChI is InChI=1S/C7H11NO.C2H2O4/c1-6(8)5-7-3-2-4-9-7;3-1(4)2(5)6/h2-4,6H,5,8H2,1H3;(H,3,4)(H,5,6). The van der Waals surface area contributed by atoms with Crippen molar-refractivity contribution in [2.75, 3.05) is 0 Å². The van der Waals surface area contributed by atoms with E-state index in [0.29, 0.717) is 0 Å². The molecule has 0 amide bonds. The molecular weight excluding hydrogens is 202 g/mol. The van der Waals surface area contributed by atoms with E-state index in [0.717, 1.165) is 12.2 Å². The van der Waals surface area contributed by atoms with Gasteiger partial charge in [-0.05, 0) is 19.1 Å². The summed E-state index contributed by atoms with van der Waals surface area (Å²) < 4.78 is 5.06. The summed E-state index contributed by atoms with van der Waals surface area (Å²) in [5, 5.41) is 14.8. The topological polar surface area (TPSA) is 114 Å². The zero-order valence-electron chi connectivity index (χ0n) is 8.21. The monoisotopic (exact) mass is 215 g/mol. The van der Waals surface area contributed by atoms with Gasteiger partial charge in [0.2, 0.25) is 0 Å². The highest BCUT2D eigenvalue weighted by molar-refractivity contribution is 6.27. The van der Waals surface area contributed by atoms with E-state index in [1.54, 1.807) is 6.26 Å². The molecule has 84 valence electrons. The zero-order valence-corrected chi connectivity index (χ0v) is 8.21. The predicted molar refractivity (Wildman–Crippen MR) is 51.3 cm³/mol. The Morgan fingerprint density at radius 1 is 1.47 bits per heavy atom. The number of rotatable bonds is 2. The normalized spacial score (nSPS) is 11.1. The quantitative estimate of drug-likeness (QED) is 0.612. The highest BCUT2D eigenvalue weighted by Gasteiger charge is 2.04. The number of carboxylic acids is 2. The Bertz CT molecular complexity index is 292. The summed E-state index contributed by atoms with van der Waals surface area (Å²) in [4.78, 5) is 18.2. The van der Waals surface area contributed by atoms with Gasteiger partial charge >= 0.3 is 11.9 Å². The van der Waals surface area contributed by atoms with E-state index < -0.39 is 11.9 Å². The van der Waals surface area contributed by atoms with Gasteiger partial charge in [-0.1, -0.05) is 0 Å². The molecule has 0 fully saturated rings. The lowest BCUT2D eigenvalue weighted by atomic mass is 10.2. The first-order valence-electron chi connectivity index (χ1n) is 4.17. The van der Waals surface area contributed by atoms with Crippen molar-refractivity contribution in [1.82, 2.24) is 0 Å². The zero-order chi connectivity index (χ0) is 11.8. The molecule has 1 atom stereocenters. The fourth-order valence-corrected chi connectivity index (χ4v) is 0.746. The van der Waals surface area contributed by atoms with Crippen LogP contribution in [0, 0.1) is 0 Å². The molecule has 1 rings (SSSR count). The molecule has 0 radical (unpaired) electrons. The highest BCUT2D eigenvalue weighted by atomic mass is 16.4. The average Bonchev–Trinajstić information content (AvgIpc) is 2.56. The molecule has 0 aromatic carbocycles. The highest BCUT2D eigenvalue weighted by Crippen LogP contribution is 2.01. The molecule has 0 bridgehead atoms. The Morgan fingerprint density at radius 2 is 2.00 bits per heavy atom. The van der Waals surface area contributed by atoms with Gasteiger partial charge in [-0.15, -0.1) is 0 Å². The van der Waals surface area contributed by atoms with E-state index in [-0.39, 0.29) is 6.04 Å². The van der Waals surface area contributed by atoms with Gasteiger partial charge in [0.05, 0.1) is 6.26 Å². The lowest BCUT2D eigenvalue weighted by Gasteiger charge is -1.98. The first-order valence-corrected chi connectivity index (χ1v) is 4.17. The number of hydrogen-bond acceptors (Lipinski definition) is 4. The number of carbonyl (C=O) groups is 2. The largest absolute Gasteiger partial charge is 0.473 e. The molecule has 0 saturated carbocycles. The second kappa shape index (κ2) is 6.61. The van der Waals surface area contributed by atoms with Crippen LogP contribution < -0.4 is 5.73 Å². The van der Waals surface area contributed by atoms with E-state index in [4.69, 9.17) is 30.0 Å². The molecule has 1 heterocycles. The molecule has 0 spiro atoms. The van der Waals surface area contributed by atoms with Gasteiger partial charge in [0.25, 0.3) is 0 Å². The van der Waals surface area contributed by atoms with Crippen LogP contribution in [0.3, 0.4) is 0 Å². The Balaban J connectivity index is 0.000000288. The summed E-state index contributed by atoms with van der Waals surface area (Å²) in [5.41, 5.74) is 5.52. The first-order chi connectivity index (χ1) is 6.93. The summed E-state index contributed by atoms with van der Waals surface area (Å²) in [6.07, 6.45) is 2.49. The van der Waals surface area contributed by atoms with Crippen LogP contribution in [0.2, 0.25) is 0 Å². The Hall–Kier alpha value is -1.82. The van der Waals surface area contributed by atoms with Gasteiger partial charge in [0.1, 0.15) is 5.76 Å². The fourth-order valence-electron chi connectivity index (χ4n) is 0.746. The number of aliphatic carboxylic acids is 2. The van der Waals surface area contributed by atoms with Gasteiger partial charge in [-0.3, -0.25) is 0 Å². The van der Waals surface area contributed by atoms with Crippen LogP contribution in [0.25, 0.3) is 0 Å². The fraction of sp³-hybridized carbons (Fsp3) is 0.333. The minimum atomic E-state index is -1.82. The Morgan fingerprint density at radius 3 is 2.27 bits per heavy atom. The predicted octanol–water partition coefficient (Wildman–Crippen LogP) is 0.325. The van der Waals surface area contributed by atoms with Crippen molar-refractivity contribution >= 4 is 11.9 Å². The molecule has 0 aliphatic heterocycles. The van der Waals surface area contributed by atoms with Crippen molar-refractivity contribution in [3.63, 3.8) is 0 Å². The van der Waals surface area contributed by atoms with Crippen molar-refractivity contribution in [3.8, 4) is 0 Å². The molecule has 1 aromatic heterocycles. The maximum atomic E-state index is 9.10. The Kier molecular flexibility index (Phi) is 5.81. The minimum absolute atomic E-state index is 0.191. The second-order valence-electron chi connectivity index (χ2n) is 2.87. The van der Waals surface area contributed by atoms with Gasteiger partial charge in [-0.2, -0.15) is 0 Å². The molecule has 15 heavy (non-hydrogen) atoms. The van der Waals surface area contributed by atoms with Crippen LogP contribution >= 0.6 is 0 Å². The first kappa shape index (κ1) is 13.2. The van der Waals surface area contributed by atoms with E-state index in [2.05, 4.69) is 0 Å². The van der Waals surface area contributed by atoms with Crippen LogP contribution in [-0.4, -0.2) is 28.2 Å². The lowest BCUT2D eigenvalue weighted by molar-refractivity contribution is -0.159. The number of carboxylic acid groups (broad SMARTS) is 2. The molecule has 0 aliphatic carbocycles. The smallest absolute Gasteiger partial charge is 0.414 e. The third-order valence-corrected chi connectivity index (χ3v) is 1.29. The van der Waals surface area contributed by atoms with Crippen molar-refractivity contribution in [2.45, 2.75) is 19.4 Å². The second-order valence-corrected chi connectivity index (χ2v) is 2.87. The van der Waals surface area contributed by atoms with Crippen molar-refractivity contribution in [1.29, 1.82) is 0 Å². The van der Waals surface area contributed by atoms with E-state index in [9.17, 15) is 0 Å². The lowest BCUT2D eigenvalue weighted by Crippen LogP contribution is -2.17. The third kappa shape index (κ3) is 7.27. The van der Waals surface area contributed by atoms with Crippen LogP contribution in [-0.2, 0) is 16.0 Å². The minimum Gasteiger partial charge on any atom is -0.473 e. The maximum absolute atomic E-state index is 9.10. The van der Waals surface area contributed by atoms with E-state index in [1.165, 1.54) is 0 Å². The van der Waals surface area contributed by atoms with Crippen molar-refractivity contribution in [2.24, 2.45) is 5.73 Å². The summed E-state index contributed by atoms with van der Waals surface area (Å²) in [6.45, 7) is 1.96. The Labute approximate surface area is 86.3 Å². The average molecular weight is 215 g/mol.